The van der Waals surface area contributed by atoms with E-state index in [0.29, 0.717) is 25.7 Å². The van der Waals surface area contributed by atoms with Crippen LogP contribution in [0.25, 0.3) is 0 Å². The SMILES string of the molecule is O=C(OCCCCCCCCOC(=O)C(O)C(F)(F)F)C(O)C(F)(F)F. The van der Waals surface area contributed by atoms with Gasteiger partial charge in [0.2, 0.25) is 12.2 Å². The molecule has 0 heterocycles. The Morgan fingerprint density at radius 1 is 0.654 bits per heavy atom. The van der Waals surface area contributed by atoms with Crippen molar-refractivity contribution in [2.75, 3.05) is 13.2 Å². The van der Waals surface area contributed by atoms with Crippen molar-refractivity contribution in [3.8, 4) is 0 Å². The van der Waals surface area contributed by atoms with Crippen molar-refractivity contribution in [2.45, 2.75) is 63.1 Å². The molecule has 0 rings (SSSR count). The van der Waals surface area contributed by atoms with Crippen molar-refractivity contribution in [2.24, 2.45) is 0 Å². The number of rotatable bonds is 11. The smallest absolute Gasteiger partial charge is 0.425 e. The molecule has 0 aliphatic rings. The lowest BCUT2D eigenvalue weighted by molar-refractivity contribution is -0.219. The van der Waals surface area contributed by atoms with Gasteiger partial charge in [-0.05, 0) is 12.8 Å². The van der Waals surface area contributed by atoms with Crippen molar-refractivity contribution < 1.29 is 55.6 Å². The van der Waals surface area contributed by atoms with Gasteiger partial charge >= 0.3 is 24.3 Å². The van der Waals surface area contributed by atoms with Crippen LogP contribution >= 0.6 is 0 Å². The summed E-state index contributed by atoms with van der Waals surface area (Å²) < 4.78 is 80.4. The first-order chi connectivity index (χ1) is 11.9. The number of aliphatic hydroxyl groups excluding tert-OH is 2. The minimum atomic E-state index is -5.07. The molecular weight excluding hydrogens is 378 g/mol. The van der Waals surface area contributed by atoms with Gasteiger partial charge < -0.3 is 19.7 Å². The molecule has 26 heavy (non-hydrogen) atoms. The van der Waals surface area contributed by atoms with E-state index < -0.39 is 36.5 Å². The van der Waals surface area contributed by atoms with Crippen molar-refractivity contribution in [3.63, 3.8) is 0 Å². The molecule has 0 aliphatic heterocycles. The van der Waals surface area contributed by atoms with Crippen LogP contribution in [0.1, 0.15) is 38.5 Å². The number of carbonyl (C=O) groups excluding carboxylic acids is 2. The van der Waals surface area contributed by atoms with Crippen molar-refractivity contribution in [1.82, 2.24) is 0 Å². The fraction of sp³-hybridized carbons (Fsp3) is 0.857. The quantitative estimate of drug-likeness (QED) is 0.315. The second kappa shape index (κ2) is 11.2. The van der Waals surface area contributed by atoms with Gasteiger partial charge in [-0.25, -0.2) is 9.59 Å². The number of hydrogen-bond donors (Lipinski definition) is 2. The largest absolute Gasteiger partial charge is 0.464 e. The van der Waals surface area contributed by atoms with Gasteiger partial charge in [0.05, 0.1) is 13.2 Å². The van der Waals surface area contributed by atoms with E-state index in [1.54, 1.807) is 0 Å². The lowest BCUT2D eigenvalue weighted by Gasteiger charge is -2.13. The fourth-order valence-corrected chi connectivity index (χ4v) is 1.68. The Bertz CT molecular complexity index is 397. The molecule has 0 fully saturated rings. The summed E-state index contributed by atoms with van der Waals surface area (Å²) in [7, 11) is 0. The van der Waals surface area contributed by atoms with Gasteiger partial charge in [-0.1, -0.05) is 25.7 Å². The Balaban J connectivity index is 3.58. The number of halogens is 6. The van der Waals surface area contributed by atoms with Crippen LogP contribution in [0.4, 0.5) is 26.3 Å². The lowest BCUT2D eigenvalue weighted by atomic mass is 10.1. The van der Waals surface area contributed by atoms with Gasteiger partial charge in [-0.3, -0.25) is 0 Å². The standard InChI is InChI=1S/C14H20F6O6/c15-13(16,17)9(21)11(23)25-7-5-3-1-2-4-6-8-26-12(24)10(22)14(18,19)20/h9-10,21-22H,1-8H2. The topological polar surface area (TPSA) is 93.1 Å². The number of hydrogen-bond acceptors (Lipinski definition) is 6. The zero-order valence-corrected chi connectivity index (χ0v) is 13.6. The molecule has 0 saturated heterocycles. The molecule has 0 aliphatic carbocycles. The van der Waals surface area contributed by atoms with Crippen molar-refractivity contribution >= 4 is 11.9 Å². The van der Waals surface area contributed by atoms with Crippen LogP contribution in [0.2, 0.25) is 0 Å². The minimum absolute atomic E-state index is 0.279. The molecule has 0 radical (unpaired) electrons. The zero-order valence-electron chi connectivity index (χ0n) is 13.6. The fourth-order valence-electron chi connectivity index (χ4n) is 1.68. The third kappa shape index (κ3) is 10.4. The molecule has 0 aromatic rings. The number of carbonyl (C=O) groups is 2. The summed E-state index contributed by atoms with van der Waals surface area (Å²) in [5.41, 5.74) is 0. The van der Waals surface area contributed by atoms with Gasteiger partial charge in [0, 0.05) is 0 Å². The van der Waals surface area contributed by atoms with E-state index in [2.05, 4.69) is 9.47 Å². The highest BCUT2D eigenvalue weighted by atomic mass is 19.4. The highest BCUT2D eigenvalue weighted by Crippen LogP contribution is 2.21. The van der Waals surface area contributed by atoms with E-state index in [1.165, 1.54) is 0 Å². The first-order valence-corrected chi connectivity index (χ1v) is 7.70. The Hall–Kier alpha value is -1.56. The average molecular weight is 398 g/mol. The van der Waals surface area contributed by atoms with Crippen LogP contribution in [-0.4, -0.2) is 59.9 Å². The third-order valence-corrected chi connectivity index (χ3v) is 3.09. The van der Waals surface area contributed by atoms with Gasteiger partial charge in [0.1, 0.15) is 0 Å². The van der Waals surface area contributed by atoms with E-state index in [4.69, 9.17) is 10.2 Å². The summed E-state index contributed by atoms with van der Waals surface area (Å²) >= 11 is 0. The summed E-state index contributed by atoms with van der Waals surface area (Å²) in [6.07, 6.45) is -13.7. The molecular formula is C14H20F6O6. The highest BCUT2D eigenvalue weighted by Gasteiger charge is 2.45. The Morgan fingerprint density at radius 3 is 1.19 bits per heavy atom. The summed E-state index contributed by atoms with van der Waals surface area (Å²) in [6, 6.07) is 0. The van der Waals surface area contributed by atoms with E-state index in [1.807, 2.05) is 0 Å². The number of unbranched alkanes of at least 4 members (excludes halogenated alkanes) is 5. The van der Waals surface area contributed by atoms with Gasteiger partial charge in [0.25, 0.3) is 0 Å². The van der Waals surface area contributed by atoms with Gasteiger partial charge in [-0.2, -0.15) is 26.3 Å². The monoisotopic (exact) mass is 398 g/mol. The van der Waals surface area contributed by atoms with Crippen LogP contribution < -0.4 is 0 Å². The summed E-state index contributed by atoms with van der Waals surface area (Å²) in [5, 5.41) is 17.2. The number of esters is 2. The average Bonchev–Trinajstić information content (AvgIpc) is 2.52. The molecule has 0 aromatic carbocycles. The maximum Gasteiger partial charge on any atom is 0.425 e. The molecule has 6 nitrogen and oxygen atoms in total. The second-order valence-electron chi connectivity index (χ2n) is 5.34. The van der Waals surface area contributed by atoms with E-state index in [9.17, 15) is 35.9 Å². The maximum absolute atomic E-state index is 12.0. The number of ether oxygens (including phenoxy) is 2. The molecule has 2 atom stereocenters. The molecule has 0 saturated carbocycles. The Morgan fingerprint density at radius 2 is 0.923 bits per heavy atom. The Labute approximate surface area is 145 Å². The maximum atomic E-state index is 12.0. The minimum Gasteiger partial charge on any atom is -0.464 e. The molecule has 154 valence electrons. The first-order valence-electron chi connectivity index (χ1n) is 7.70. The van der Waals surface area contributed by atoms with E-state index in [0.717, 1.165) is 0 Å². The summed E-state index contributed by atoms with van der Waals surface area (Å²) in [6.45, 7) is -0.558. The molecule has 0 spiro atoms. The predicted molar refractivity (Wildman–Crippen MR) is 73.7 cm³/mol. The predicted octanol–water partition coefficient (Wildman–Crippen LogP) is 2.26. The van der Waals surface area contributed by atoms with Crippen LogP contribution in [0.15, 0.2) is 0 Å². The molecule has 0 aromatic heterocycles. The lowest BCUT2D eigenvalue weighted by Crippen LogP contribution is -2.37. The van der Waals surface area contributed by atoms with E-state index >= 15 is 0 Å². The Kier molecular flexibility index (Phi) is 10.5. The van der Waals surface area contributed by atoms with Gasteiger partial charge in [0.15, 0.2) is 0 Å². The molecule has 2 N–H and O–H groups in total. The normalized spacial score (nSPS) is 14.6. The number of alkyl halides is 6. The summed E-state index contributed by atoms with van der Waals surface area (Å²) in [4.78, 5) is 21.7. The van der Waals surface area contributed by atoms with Crippen molar-refractivity contribution in [1.29, 1.82) is 0 Å². The van der Waals surface area contributed by atoms with Crippen LogP contribution in [0.5, 0.6) is 0 Å². The van der Waals surface area contributed by atoms with Crippen molar-refractivity contribution in [3.05, 3.63) is 0 Å². The molecule has 12 heteroatoms. The van der Waals surface area contributed by atoms with Crippen LogP contribution in [-0.2, 0) is 19.1 Å². The van der Waals surface area contributed by atoms with Crippen LogP contribution in [0, 0.1) is 0 Å². The molecule has 0 amide bonds. The summed E-state index contributed by atoms with van der Waals surface area (Å²) in [5.74, 6) is -3.53. The number of aliphatic hydroxyl groups is 2. The van der Waals surface area contributed by atoms with E-state index in [-0.39, 0.29) is 26.1 Å². The third-order valence-electron chi connectivity index (χ3n) is 3.09. The van der Waals surface area contributed by atoms with Gasteiger partial charge in [-0.15, -0.1) is 0 Å². The highest BCUT2D eigenvalue weighted by molar-refractivity contribution is 5.75. The molecule has 0 bridgehead atoms. The zero-order chi connectivity index (χ0) is 20.4. The molecule has 2 unspecified atom stereocenters. The van der Waals surface area contributed by atoms with Crippen LogP contribution in [0.3, 0.4) is 0 Å². The first kappa shape index (κ1) is 24.4. The second-order valence-corrected chi connectivity index (χ2v) is 5.34.